The molecule has 0 bridgehead atoms. The smallest absolute Gasteiger partial charge is 0.227 e. The van der Waals surface area contributed by atoms with Crippen LogP contribution in [0.4, 0.5) is 0 Å². The first-order valence-electron chi connectivity index (χ1n) is 7.82. The first-order valence-corrected chi connectivity index (χ1v) is 8.70. The molecule has 0 saturated carbocycles. The molecule has 1 heterocycles. The highest BCUT2D eigenvalue weighted by molar-refractivity contribution is 7.09. The zero-order valence-electron chi connectivity index (χ0n) is 12.4. The van der Waals surface area contributed by atoms with Crippen molar-refractivity contribution in [2.75, 3.05) is 0 Å². The Balaban J connectivity index is 1.62. The Kier molecular flexibility index (Phi) is 3.51. The monoisotopic (exact) mass is 308 g/mol. The van der Waals surface area contributed by atoms with Crippen LogP contribution in [0.2, 0.25) is 0 Å². The van der Waals surface area contributed by atoms with E-state index in [0.29, 0.717) is 6.54 Å². The molecule has 2 aromatic carbocycles. The highest BCUT2D eigenvalue weighted by Gasteiger charge is 2.24. The third-order valence-electron chi connectivity index (χ3n) is 4.44. The number of carbonyl (C=O) groups is 1. The highest BCUT2D eigenvalue weighted by Crippen LogP contribution is 2.22. The van der Waals surface area contributed by atoms with Crippen LogP contribution in [-0.4, -0.2) is 5.78 Å². The Labute approximate surface area is 134 Å². The quantitative estimate of drug-likeness (QED) is 0.530. The van der Waals surface area contributed by atoms with Crippen molar-refractivity contribution >= 4 is 27.9 Å². The Bertz CT molecular complexity index is 850. The minimum atomic E-state index is 0.196. The summed E-state index contributed by atoms with van der Waals surface area (Å²) in [6, 6.07) is 14.2. The molecule has 0 amide bonds. The fraction of sp³-hybridized carbons (Fsp3) is 0.263. The highest BCUT2D eigenvalue weighted by atomic mass is 32.1. The van der Waals surface area contributed by atoms with Crippen LogP contribution < -0.4 is 4.57 Å². The van der Waals surface area contributed by atoms with E-state index in [1.807, 2.05) is 30.3 Å². The summed E-state index contributed by atoms with van der Waals surface area (Å²) < 4.78 is 2.16. The van der Waals surface area contributed by atoms with E-state index < -0.39 is 0 Å². The van der Waals surface area contributed by atoms with E-state index in [9.17, 15) is 4.79 Å². The number of benzene rings is 2. The van der Waals surface area contributed by atoms with Gasteiger partial charge in [-0.2, -0.15) is 4.57 Å². The third-order valence-corrected chi connectivity index (χ3v) is 5.53. The lowest BCUT2D eigenvalue weighted by atomic mass is 10.0. The lowest BCUT2D eigenvalue weighted by molar-refractivity contribution is -0.686. The lowest BCUT2D eigenvalue weighted by Crippen LogP contribution is -2.40. The number of nitrogens with zero attached hydrogens (tertiary/aromatic N) is 1. The number of rotatable bonds is 3. The average molecular weight is 308 g/mol. The standard InChI is InChI=1S/C19H18NOS/c21-18(12-20-13-22-19-8-4-3-7-17(19)20)16-10-9-14-5-1-2-6-15(14)11-16/h1-2,5-6,9-11,13H,3-4,7-8,12H2/q+1. The number of fused-ring (bicyclic) bond motifs is 2. The molecule has 0 N–H and O–H groups in total. The van der Waals surface area contributed by atoms with Gasteiger partial charge in [-0.3, -0.25) is 4.79 Å². The molecule has 0 unspecified atom stereocenters. The molecule has 1 aliphatic carbocycles. The van der Waals surface area contributed by atoms with Gasteiger partial charge in [0.1, 0.15) is 0 Å². The Morgan fingerprint density at radius 1 is 1.05 bits per heavy atom. The number of ketones is 1. The largest absolute Gasteiger partial charge is 0.287 e. The lowest BCUT2D eigenvalue weighted by Gasteiger charge is -2.07. The van der Waals surface area contributed by atoms with Gasteiger partial charge in [0.2, 0.25) is 17.8 Å². The molecule has 0 spiro atoms. The van der Waals surface area contributed by atoms with E-state index >= 15 is 0 Å². The summed E-state index contributed by atoms with van der Waals surface area (Å²) in [4.78, 5) is 14.1. The Morgan fingerprint density at radius 2 is 1.86 bits per heavy atom. The van der Waals surface area contributed by atoms with E-state index in [4.69, 9.17) is 0 Å². The van der Waals surface area contributed by atoms with Gasteiger partial charge in [-0.15, -0.1) is 0 Å². The number of carbonyl (C=O) groups excluding carboxylic acids is 1. The van der Waals surface area contributed by atoms with Gasteiger partial charge < -0.3 is 0 Å². The van der Waals surface area contributed by atoms with Gasteiger partial charge in [-0.1, -0.05) is 47.7 Å². The number of hydrogen-bond acceptors (Lipinski definition) is 2. The number of aryl methyl sites for hydroxylation is 1. The van der Waals surface area contributed by atoms with Crippen LogP contribution in [0, 0.1) is 0 Å². The first kappa shape index (κ1) is 13.6. The molecule has 0 fully saturated rings. The molecule has 22 heavy (non-hydrogen) atoms. The molecular formula is C19H18NOS+. The Hall–Kier alpha value is -2.00. The second-order valence-electron chi connectivity index (χ2n) is 5.91. The fourth-order valence-electron chi connectivity index (χ4n) is 3.22. The third kappa shape index (κ3) is 2.46. The zero-order valence-corrected chi connectivity index (χ0v) is 13.2. The van der Waals surface area contributed by atoms with Gasteiger partial charge in [0.15, 0.2) is 5.69 Å². The molecule has 110 valence electrons. The predicted molar refractivity (Wildman–Crippen MR) is 89.4 cm³/mol. The van der Waals surface area contributed by atoms with Crippen LogP contribution >= 0.6 is 11.3 Å². The van der Waals surface area contributed by atoms with Crippen molar-refractivity contribution < 1.29 is 9.36 Å². The van der Waals surface area contributed by atoms with Crippen molar-refractivity contribution in [2.45, 2.75) is 32.2 Å². The van der Waals surface area contributed by atoms with Crippen molar-refractivity contribution in [1.29, 1.82) is 0 Å². The summed E-state index contributed by atoms with van der Waals surface area (Å²) in [7, 11) is 0. The molecule has 1 aromatic heterocycles. The normalized spacial score (nSPS) is 14.0. The molecule has 0 aliphatic heterocycles. The molecule has 0 radical (unpaired) electrons. The topological polar surface area (TPSA) is 20.9 Å². The van der Waals surface area contributed by atoms with Gasteiger partial charge in [-0.25, -0.2) is 0 Å². The molecule has 0 atom stereocenters. The van der Waals surface area contributed by atoms with E-state index in [-0.39, 0.29) is 5.78 Å². The maximum absolute atomic E-state index is 12.6. The molecule has 4 rings (SSSR count). The second kappa shape index (κ2) is 5.65. The van der Waals surface area contributed by atoms with Crippen LogP contribution in [0.5, 0.6) is 0 Å². The number of Topliss-reactive ketones (excluding diaryl/α,β-unsaturated/α-hetero) is 1. The summed E-state index contributed by atoms with van der Waals surface area (Å²) in [5.74, 6) is 0.196. The SMILES string of the molecule is O=C(C[n+]1csc2c1CCCC2)c1ccc2ccccc2c1. The van der Waals surface area contributed by atoms with Crippen molar-refractivity contribution in [2.24, 2.45) is 0 Å². The van der Waals surface area contributed by atoms with Gasteiger partial charge >= 0.3 is 0 Å². The van der Waals surface area contributed by atoms with E-state index in [1.54, 1.807) is 11.3 Å². The van der Waals surface area contributed by atoms with Crippen LogP contribution in [0.3, 0.4) is 0 Å². The van der Waals surface area contributed by atoms with E-state index in [1.165, 1.54) is 35.2 Å². The van der Waals surface area contributed by atoms with Crippen LogP contribution in [0.15, 0.2) is 48.0 Å². The second-order valence-corrected chi connectivity index (χ2v) is 6.85. The summed E-state index contributed by atoms with van der Waals surface area (Å²) in [5.41, 5.74) is 4.31. The molecule has 1 aliphatic rings. The van der Waals surface area contributed by atoms with E-state index in [2.05, 4.69) is 22.2 Å². The minimum absolute atomic E-state index is 0.196. The van der Waals surface area contributed by atoms with Crippen molar-refractivity contribution in [3.05, 3.63) is 64.1 Å². The minimum Gasteiger partial charge on any atom is -0.287 e. The number of hydrogen-bond donors (Lipinski definition) is 0. The van der Waals surface area contributed by atoms with E-state index in [0.717, 1.165) is 17.4 Å². The molecule has 2 nitrogen and oxygen atoms in total. The predicted octanol–water partition coefficient (Wildman–Crippen LogP) is 3.95. The van der Waals surface area contributed by atoms with Gasteiger partial charge in [-0.05, 0) is 36.1 Å². The molecule has 0 saturated heterocycles. The van der Waals surface area contributed by atoms with Gasteiger partial charge in [0, 0.05) is 12.0 Å². The summed E-state index contributed by atoms with van der Waals surface area (Å²) in [5, 5.41) is 2.31. The molecular weight excluding hydrogens is 290 g/mol. The summed E-state index contributed by atoms with van der Waals surface area (Å²) >= 11 is 1.80. The summed E-state index contributed by atoms with van der Waals surface area (Å²) in [6.45, 7) is 0.462. The average Bonchev–Trinajstić information content (AvgIpc) is 2.97. The van der Waals surface area contributed by atoms with Crippen molar-refractivity contribution in [3.8, 4) is 0 Å². The summed E-state index contributed by atoms with van der Waals surface area (Å²) in [6.07, 6.45) is 4.82. The first-order chi connectivity index (χ1) is 10.8. The molecule has 3 aromatic rings. The zero-order chi connectivity index (χ0) is 14.9. The van der Waals surface area contributed by atoms with Gasteiger partial charge in [0.25, 0.3) is 0 Å². The number of aromatic nitrogens is 1. The van der Waals surface area contributed by atoms with Crippen molar-refractivity contribution in [1.82, 2.24) is 0 Å². The maximum Gasteiger partial charge on any atom is 0.227 e. The van der Waals surface area contributed by atoms with Crippen LogP contribution in [-0.2, 0) is 19.4 Å². The van der Waals surface area contributed by atoms with Crippen LogP contribution in [0.1, 0.15) is 33.8 Å². The van der Waals surface area contributed by atoms with Gasteiger partial charge in [0.05, 0.1) is 4.88 Å². The van der Waals surface area contributed by atoms with Crippen LogP contribution in [0.25, 0.3) is 10.8 Å². The molecule has 3 heteroatoms. The Morgan fingerprint density at radius 3 is 2.77 bits per heavy atom. The fourth-order valence-corrected chi connectivity index (χ4v) is 4.30. The maximum atomic E-state index is 12.6. The van der Waals surface area contributed by atoms with Crippen molar-refractivity contribution in [3.63, 3.8) is 0 Å². The number of thiazole rings is 1.